The average Bonchev–Trinajstić information content (AvgIpc) is 3.41. The lowest BCUT2D eigenvalue weighted by Gasteiger charge is -2.35. The minimum Gasteiger partial charge on any atom is -0.481 e. The number of nitrogens with one attached hydrogen (secondary N) is 1. The fourth-order valence-electron chi connectivity index (χ4n) is 3.09. The lowest BCUT2D eigenvalue weighted by molar-refractivity contribution is -0.142. The third kappa shape index (κ3) is 4.45. The van der Waals surface area contributed by atoms with E-state index < -0.39 is 17.3 Å². The van der Waals surface area contributed by atoms with Crippen LogP contribution in [0.2, 0.25) is 0 Å². The monoisotopic (exact) mass is 404 g/mol. The molecular weight excluding hydrogens is 383 g/mol. The molecule has 1 aromatic heterocycles. The van der Waals surface area contributed by atoms with Gasteiger partial charge in [0, 0.05) is 11.0 Å². The zero-order valence-corrected chi connectivity index (χ0v) is 16.8. The van der Waals surface area contributed by atoms with Crippen molar-refractivity contribution in [3.05, 3.63) is 58.4 Å². The first-order valence-electron chi connectivity index (χ1n) is 8.94. The molecule has 1 atom stereocenters. The number of imidazole rings is 1. The smallest absolute Gasteiger partial charge is 0.311 e. The molecule has 4 rings (SSSR count). The summed E-state index contributed by atoms with van der Waals surface area (Å²) in [6.45, 7) is 3.72. The Morgan fingerprint density at radius 2 is 1.93 bits per heavy atom. The Morgan fingerprint density at radius 3 is 2.48 bits per heavy atom. The van der Waals surface area contributed by atoms with E-state index in [2.05, 4.69) is 9.97 Å². The summed E-state index contributed by atoms with van der Waals surface area (Å²) in [5, 5.41) is 9.51. The van der Waals surface area contributed by atoms with Crippen molar-refractivity contribution >= 4 is 45.8 Å². The van der Waals surface area contributed by atoms with E-state index in [0.29, 0.717) is 5.82 Å². The standard InChI is InChI=1S/C18H16Cl2N2O2.C3H6/c1-18(2)11(17(23)24)8-7-10(12(18)9-15(19)20)16-21-13-5-3-4-6-14(13)22-16;1-2-3-1/h3-9,11H,1-2H3,(H,21,22)(H,23,24);1-3H2. The van der Waals surface area contributed by atoms with Crippen molar-refractivity contribution in [1.29, 1.82) is 0 Å². The third-order valence-electron chi connectivity index (χ3n) is 4.73. The van der Waals surface area contributed by atoms with Crippen LogP contribution in [0.25, 0.3) is 16.6 Å². The molecule has 1 aromatic carbocycles. The third-order valence-corrected chi connectivity index (χ3v) is 4.95. The van der Waals surface area contributed by atoms with Crippen LogP contribution in [0.1, 0.15) is 38.9 Å². The minimum absolute atomic E-state index is 0.0751. The van der Waals surface area contributed by atoms with Crippen molar-refractivity contribution < 1.29 is 9.90 Å². The number of carbonyl (C=O) groups is 1. The molecule has 27 heavy (non-hydrogen) atoms. The molecule has 0 amide bonds. The van der Waals surface area contributed by atoms with Gasteiger partial charge in [-0.1, -0.05) is 80.6 Å². The zero-order chi connectivity index (χ0) is 19.6. The highest BCUT2D eigenvalue weighted by Gasteiger charge is 2.40. The van der Waals surface area contributed by atoms with E-state index >= 15 is 0 Å². The Kier molecular flexibility index (Phi) is 5.78. The number of para-hydroxylation sites is 2. The Labute approximate surface area is 168 Å². The van der Waals surface area contributed by atoms with Crippen LogP contribution in [0.5, 0.6) is 0 Å². The first-order chi connectivity index (χ1) is 12.8. The summed E-state index contributed by atoms with van der Waals surface area (Å²) in [6.07, 6.45) is 9.56. The van der Waals surface area contributed by atoms with Crippen molar-refractivity contribution in [1.82, 2.24) is 9.97 Å². The maximum absolute atomic E-state index is 11.6. The van der Waals surface area contributed by atoms with E-state index in [1.54, 1.807) is 18.2 Å². The highest BCUT2D eigenvalue weighted by molar-refractivity contribution is 6.56. The maximum atomic E-state index is 11.6. The average molecular weight is 405 g/mol. The van der Waals surface area contributed by atoms with Crippen molar-refractivity contribution in [2.75, 3.05) is 0 Å². The molecule has 142 valence electrons. The molecule has 0 radical (unpaired) electrons. The highest BCUT2D eigenvalue weighted by Crippen LogP contribution is 2.45. The van der Waals surface area contributed by atoms with Gasteiger partial charge in [-0.2, -0.15) is 0 Å². The van der Waals surface area contributed by atoms with E-state index in [-0.39, 0.29) is 4.49 Å². The summed E-state index contributed by atoms with van der Waals surface area (Å²) in [7, 11) is 0. The van der Waals surface area contributed by atoms with Gasteiger partial charge in [-0.25, -0.2) is 4.98 Å². The predicted molar refractivity (Wildman–Crippen MR) is 111 cm³/mol. The van der Waals surface area contributed by atoms with Gasteiger partial charge in [0.05, 0.1) is 17.0 Å². The number of hydrogen-bond acceptors (Lipinski definition) is 2. The molecule has 2 aromatic rings. The fourth-order valence-corrected chi connectivity index (χ4v) is 3.31. The summed E-state index contributed by atoms with van der Waals surface area (Å²) in [5.41, 5.74) is 2.58. The van der Waals surface area contributed by atoms with Crippen LogP contribution in [0.3, 0.4) is 0 Å². The molecule has 0 saturated heterocycles. The number of carboxylic acid groups (broad SMARTS) is 1. The lowest BCUT2D eigenvalue weighted by atomic mass is 9.68. The van der Waals surface area contributed by atoms with Crippen LogP contribution in [-0.4, -0.2) is 21.0 Å². The first-order valence-corrected chi connectivity index (χ1v) is 9.70. The van der Waals surface area contributed by atoms with Gasteiger partial charge >= 0.3 is 5.97 Å². The molecular formula is C21H22Cl2N2O2. The Bertz CT molecular complexity index is 912. The Morgan fingerprint density at radius 1 is 1.26 bits per heavy atom. The topological polar surface area (TPSA) is 66.0 Å². The minimum atomic E-state index is -0.892. The predicted octanol–water partition coefficient (Wildman–Crippen LogP) is 6.10. The molecule has 2 aliphatic rings. The molecule has 1 fully saturated rings. The molecule has 0 spiro atoms. The molecule has 0 bridgehead atoms. The van der Waals surface area contributed by atoms with E-state index in [4.69, 9.17) is 23.2 Å². The normalized spacial score (nSPS) is 20.1. The molecule has 1 saturated carbocycles. The van der Waals surface area contributed by atoms with Crippen molar-refractivity contribution in [2.45, 2.75) is 33.1 Å². The number of fused-ring (bicyclic) bond motifs is 1. The first kappa shape index (κ1) is 19.7. The summed E-state index contributed by atoms with van der Waals surface area (Å²) in [4.78, 5) is 19.5. The second-order valence-corrected chi connectivity index (χ2v) is 8.33. The second kappa shape index (κ2) is 7.91. The maximum Gasteiger partial charge on any atom is 0.311 e. The van der Waals surface area contributed by atoms with Gasteiger partial charge in [-0.05, 0) is 23.8 Å². The number of allylic oxidation sites excluding steroid dienone is 4. The summed E-state index contributed by atoms with van der Waals surface area (Å²) in [6, 6.07) is 7.70. The summed E-state index contributed by atoms with van der Waals surface area (Å²) < 4.78 is 0.0751. The van der Waals surface area contributed by atoms with Gasteiger partial charge in [-0.15, -0.1) is 0 Å². The van der Waals surface area contributed by atoms with Crippen LogP contribution in [-0.2, 0) is 4.79 Å². The van der Waals surface area contributed by atoms with Gasteiger partial charge in [0.2, 0.25) is 0 Å². The van der Waals surface area contributed by atoms with Crippen LogP contribution >= 0.6 is 23.2 Å². The van der Waals surface area contributed by atoms with Crippen LogP contribution < -0.4 is 0 Å². The number of aromatic nitrogens is 2. The van der Waals surface area contributed by atoms with Crippen LogP contribution in [0.15, 0.2) is 52.6 Å². The van der Waals surface area contributed by atoms with Gasteiger partial charge in [-0.3, -0.25) is 4.79 Å². The molecule has 6 heteroatoms. The number of aromatic amines is 1. The number of H-pyrrole nitrogens is 1. The number of nitrogens with zero attached hydrogens (tertiary/aromatic N) is 1. The largest absolute Gasteiger partial charge is 0.481 e. The van der Waals surface area contributed by atoms with Crippen molar-refractivity contribution in [3.63, 3.8) is 0 Å². The van der Waals surface area contributed by atoms with Gasteiger partial charge in [0.15, 0.2) is 0 Å². The Balaban J connectivity index is 0.000000637. The number of aliphatic carboxylic acids is 1. The molecule has 2 aliphatic carbocycles. The molecule has 1 unspecified atom stereocenters. The molecule has 1 heterocycles. The number of benzene rings is 1. The molecule has 0 aliphatic heterocycles. The second-order valence-electron chi connectivity index (χ2n) is 7.32. The van der Waals surface area contributed by atoms with Crippen LogP contribution in [0, 0.1) is 11.3 Å². The highest BCUT2D eigenvalue weighted by atomic mass is 35.5. The van der Waals surface area contributed by atoms with Crippen LogP contribution in [0.4, 0.5) is 0 Å². The fraction of sp³-hybridized carbons (Fsp3) is 0.333. The van der Waals surface area contributed by atoms with E-state index in [1.165, 1.54) is 19.3 Å². The van der Waals surface area contributed by atoms with Gasteiger partial charge in [0.1, 0.15) is 10.3 Å². The number of rotatable bonds is 3. The number of halogens is 2. The van der Waals surface area contributed by atoms with E-state index in [9.17, 15) is 9.90 Å². The quantitative estimate of drug-likeness (QED) is 0.648. The molecule has 4 nitrogen and oxygen atoms in total. The number of hydrogen-bond donors (Lipinski definition) is 2. The SMILES string of the molecule is C1CC1.CC1(C)C(C=C(Cl)Cl)=C(c2nc3ccccc3[nH]2)C=CC1C(=O)O. The summed E-state index contributed by atoms with van der Waals surface area (Å²) in [5.74, 6) is -0.911. The lowest BCUT2D eigenvalue weighted by Crippen LogP contribution is -2.33. The van der Waals surface area contributed by atoms with Crippen molar-refractivity contribution in [2.24, 2.45) is 11.3 Å². The Hall–Kier alpha value is -2.04. The number of carboxylic acids is 1. The van der Waals surface area contributed by atoms with Crippen molar-refractivity contribution in [3.8, 4) is 0 Å². The van der Waals surface area contributed by atoms with Gasteiger partial charge < -0.3 is 10.1 Å². The van der Waals surface area contributed by atoms with E-state index in [1.807, 2.05) is 38.1 Å². The zero-order valence-electron chi connectivity index (χ0n) is 15.3. The van der Waals surface area contributed by atoms with Gasteiger partial charge in [0.25, 0.3) is 0 Å². The summed E-state index contributed by atoms with van der Waals surface area (Å²) >= 11 is 11.8. The molecule has 2 N–H and O–H groups in total. The van der Waals surface area contributed by atoms with E-state index in [0.717, 1.165) is 22.2 Å².